The second-order valence-corrected chi connectivity index (χ2v) is 5.30. The molecule has 0 aliphatic heterocycles. The zero-order valence-corrected chi connectivity index (χ0v) is 12.8. The van der Waals surface area contributed by atoms with Crippen molar-refractivity contribution in [3.63, 3.8) is 0 Å². The van der Waals surface area contributed by atoms with Gasteiger partial charge in [-0.3, -0.25) is 4.79 Å². The number of para-hydroxylation sites is 1. The van der Waals surface area contributed by atoms with E-state index in [0.29, 0.717) is 6.54 Å². The summed E-state index contributed by atoms with van der Waals surface area (Å²) in [5, 5.41) is 6.39. The number of aryl methyl sites for hydroxylation is 1. The van der Waals surface area contributed by atoms with Crippen LogP contribution in [0.1, 0.15) is 36.6 Å². The molecule has 0 bridgehead atoms. The van der Waals surface area contributed by atoms with Gasteiger partial charge < -0.3 is 10.6 Å². The van der Waals surface area contributed by atoms with Crippen molar-refractivity contribution in [2.75, 3.05) is 5.32 Å². The van der Waals surface area contributed by atoms with Crippen LogP contribution in [-0.4, -0.2) is 5.91 Å². The number of anilines is 1. The molecule has 0 radical (unpaired) electrons. The van der Waals surface area contributed by atoms with Gasteiger partial charge in [-0.2, -0.15) is 0 Å². The topological polar surface area (TPSA) is 41.1 Å². The Morgan fingerprint density at radius 1 is 1.10 bits per heavy atom. The normalized spacial score (nSPS) is 12.0. The van der Waals surface area contributed by atoms with Crippen molar-refractivity contribution in [2.45, 2.75) is 33.4 Å². The van der Waals surface area contributed by atoms with Gasteiger partial charge in [0, 0.05) is 25.2 Å². The highest BCUT2D eigenvalue weighted by atomic mass is 16.1. The van der Waals surface area contributed by atoms with Gasteiger partial charge in [-0.25, -0.2) is 0 Å². The highest BCUT2D eigenvalue weighted by Crippen LogP contribution is 2.19. The van der Waals surface area contributed by atoms with Crippen LogP contribution in [-0.2, 0) is 11.3 Å². The second kappa shape index (κ2) is 7.04. The van der Waals surface area contributed by atoms with Crippen LogP contribution in [0.2, 0.25) is 0 Å². The number of carbonyl (C=O) groups excluding carboxylic acids is 1. The van der Waals surface area contributed by atoms with E-state index < -0.39 is 0 Å². The van der Waals surface area contributed by atoms with Gasteiger partial charge in [-0.1, -0.05) is 42.5 Å². The van der Waals surface area contributed by atoms with Crippen LogP contribution in [0.4, 0.5) is 5.69 Å². The van der Waals surface area contributed by atoms with Crippen LogP contribution in [0.3, 0.4) is 0 Å². The molecule has 0 aliphatic carbocycles. The van der Waals surface area contributed by atoms with Gasteiger partial charge >= 0.3 is 0 Å². The van der Waals surface area contributed by atoms with Crippen molar-refractivity contribution in [3.8, 4) is 0 Å². The number of rotatable bonds is 5. The van der Waals surface area contributed by atoms with Crippen LogP contribution in [0.15, 0.2) is 48.5 Å². The highest BCUT2D eigenvalue weighted by Gasteiger charge is 2.09. The van der Waals surface area contributed by atoms with Crippen molar-refractivity contribution in [2.24, 2.45) is 0 Å². The summed E-state index contributed by atoms with van der Waals surface area (Å²) in [5.41, 5.74) is 4.55. The molecule has 2 N–H and O–H groups in total. The summed E-state index contributed by atoms with van der Waals surface area (Å²) in [6, 6.07) is 16.5. The molecule has 0 saturated carbocycles. The van der Waals surface area contributed by atoms with Crippen molar-refractivity contribution in [1.29, 1.82) is 0 Å². The fraction of sp³-hybridized carbons (Fsp3) is 0.278. The Labute approximate surface area is 126 Å². The molecule has 0 spiro atoms. The molecular formula is C18H22N2O. The van der Waals surface area contributed by atoms with E-state index in [4.69, 9.17) is 0 Å². The van der Waals surface area contributed by atoms with Gasteiger partial charge in [0.25, 0.3) is 0 Å². The number of hydrogen-bond acceptors (Lipinski definition) is 2. The molecule has 0 fully saturated rings. The van der Waals surface area contributed by atoms with E-state index in [1.165, 1.54) is 18.1 Å². The van der Waals surface area contributed by atoms with E-state index in [-0.39, 0.29) is 11.9 Å². The van der Waals surface area contributed by atoms with Crippen LogP contribution < -0.4 is 10.6 Å². The van der Waals surface area contributed by atoms with Crippen molar-refractivity contribution < 1.29 is 4.79 Å². The third-order valence-corrected chi connectivity index (χ3v) is 3.58. The average Bonchev–Trinajstić information content (AvgIpc) is 2.46. The van der Waals surface area contributed by atoms with Gasteiger partial charge in [0.2, 0.25) is 5.91 Å². The fourth-order valence-electron chi connectivity index (χ4n) is 2.43. The fourth-order valence-corrected chi connectivity index (χ4v) is 2.43. The van der Waals surface area contributed by atoms with Crippen LogP contribution in [0.25, 0.3) is 0 Å². The summed E-state index contributed by atoms with van der Waals surface area (Å²) >= 11 is 0. The summed E-state index contributed by atoms with van der Waals surface area (Å²) < 4.78 is 0. The summed E-state index contributed by atoms with van der Waals surface area (Å²) in [4.78, 5) is 11.2. The maximum absolute atomic E-state index is 11.2. The number of benzene rings is 2. The largest absolute Gasteiger partial charge is 0.326 e. The van der Waals surface area contributed by atoms with Gasteiger partial charge in [0.15, 0.2) is 0 Å². The SMILES string of the molecule is CC(=O)Nc1ccccc1CNC(C)c1ccccc1C. The van der Waals surface area contributed by atoms with Crippen molar-refractivity contribution in [3.05, 3.63) is 65.2 Å². The van der Waals surface area contributed by atoms with E-state index in [1.54, 1.807) is 0 Å². The number of hydrogen-bond donors (Lipinski definition) is 2. The lowest BCUT2D eigenvalue weighted by molar-refractivity contribution is -0.114. The van der Waals surface area contributed by atoms with Crippen LogP contribution >= 0.6 is 0 Å². The lowest BCUT2D eigenvalue weighted by Crippen LogP contribution is -2.20. The summed E-state index contributed by atoms with van der Waals surface area (Å²) in [7, 11) is 0. The van der Waals surface area contributed by atoms with E-state index in [2.05, 4.69) is 48.7 Å². The Morgan fingerprint density at radius 3 is 2.48 bits per heavy atom. The predicted molar refractivity (Wildman–Crippen MR) is 87.2 cm³/mol. The molecule has 0 aliphatic rings. The van der Waals surface area contributed by atoms with E-state index in [1.807, 2.05) is 24.3 Å². The molecule has 2 aromatic carbocycles. The Hall–Kier alpha value is -2.13. The first-order valence-electron chi connectivity index (χ1n) is 7.22. The van der Waals surface area contributed by atoms with Crippen LogP contribution in [0, 0.1) is 6.92 Å². The summed E-state index contributed by atoms with van der Waals surface area (Å²) in [6.07, 6.45) is 0. The maximum Gasteiger partial charge on any atom is 0.221 e. The second-order valence-electron chi connectivity index (χ2n) is 5.30. The monoisotopic (exact) mass is 282 g/mol. The van der Waals surface area contributed by atoms with Gasteiger partial charge in [0.1, 0.15) is 0 Å². The number of amides is 1. The molecule has 0 saturated heterocycles. The zero-order chi connectivity index (χ0) is 15.2. The van der Waals surface area contributed by atoms with E-state index in [0.717, 1.165) is 11.3 Å². The van der Waals surface area contributed by atoms with E-state index in [9.17, 15) is 4.79 Å². The van der Waals surface area contributed by atoms with Gasteiger partial charge in [-0.05, 0) is 36.6 Å². The van der Waals surface area contributed by atoms with Gasteiger partial charge in [-0.15, -0.1) is 0 Å². The Kier molecular flexibility index (Phi) is 5.12. The predicted octanol–water partition coefficient (Wildman–Crippen LogP) is 3.80. The van der Waals surface area contributed by atoms with Crippen molar-refractivity contribution in [1.82, 2.24) is 5.32 Å². The maximum atomic E-state index is 11.2. The minimum atomic E-state index is -0.0468. The molecule has 1 unspecified atom stereocenters. The molecule has 3 nitrogen and oxygen atoms in total. The molecule has 3 heteroatoms. The highest BCUT2D eigenvalue weighted by molar-refractivity contribution is 5.89. The first-order chi connectivity index (χ1) is 10.1. The molecule has 1 amide bonds. The minimum Gasteiger partial charge on any atom is -0.326 e. The number of carbonyl (C=O) groups is 1. The lowest BCUT2D eigenvalue weighted by Gasteiger charge is -2.18. The van der Waals surface area contributed by atoms with Crippen molar-refractivity contribution >= 4 is 11.6 Å². The third kappa shape index (κ3) is 4.17. The summed E-state index contributed by atoms with van der Waals surface area (Å²) in [6.45, 7) is 6.52. The van der Waals surface area contributed by atoms with Crippen LogP contribution in [0.5, 0.6) is 0 Å². The summed E-state index contributed by atoms with van der Waals surface area (Å²) in [5.74, 6) is -0.0468. The first-order valence-corrected chi connectivity index (χ1v) is 7.22. The molecule has 21 heavy (non-hydrogen) atoms. The Morgan fingerprint density at radius 2 is 1.76 bits per heavy atom. The average molecular weight is 282 g/mol. The quantitative estimate of drug-likeness (QED) is 0.875. The molecule has 0 heterocycles. The van der Waals surface area contributed by atoms with E-state index >= 15 is 0 Å². The van der Waals surface area contributed by atoms with Gasteiger partial charge in [0.05, 0.1) is 0 Å². The first kappa shape index (κ1) is 15.3. The molecule has 2 rings (SSSR count). The molecule has 0 aromatic heterocycles. The number of nitrogens with one attached hydrogen (secondary N) is 2. The minimum absolute atomic E-state index is 0.0468. The Bertz CT molecular complexity index is 622. The smallest absolute Gasteiger partial charge is 0.221 e. The Balaban J connectivity index is 2.06. The lowest BCUT2D eigenvalue weighted by atomic mass is 10.0. The molecule has 2 aromatic rings. The standard InChI is InChI=1S/C18H22N2O/c1-13-8-4-6-10-17(13)14(2)19-12-16-9-5-7-11-18(16)20-15(3)21/h4-11,14,19H,12H2,1-3H3,(H,20,21). The molecular weight excluding hydrogens is 260 g/mol. The molecule has 110 valence electrons. The third-order valence-electron chi connectivity index (χ3n) is 3.58. The molecule has 1 atom stereocenters. The zero-order valence-electron chi connectivity index (χ0n) is 12.8.